The van der Waals surface area contributed by atoms with E-state index in [0.29, 0.717) is 0 Å². The third-order valence-electron chi connectivity index (χ3n) is 0.945. The number of rotatable bonds is 5. The van der Waals surface area contributed by atoms with E-state index in [1.165, 1.54) is 0 Å². The third kappa shape index (κ3) is 6.39. The van der Waals surface area contributed by atoms with Gasteiger partial charge in [0.25, 0.3) is 0 Å². The Morgan fingerprint density at radius 1 is 1.40 bits per heavy atom. The van der Waals surface area contributed by atoms with Crippen LogP contribution in [0.3, 0.4) is 0 Å². The molecule has 0 aliphatic heterocycles. The van der Waals surface area contributed by atoms with Gasteiger partial charge in [0.1, 0.15) is 5.44 Å². The van der Waals surface area contributed by atoms with Crippen LogP contribution in [0.2, 0.25) is 0 Å². The number of thiol groups is 1. The molecule has 2 atom stereocenters. The lowest BCUT2D eigenvalue weighted by atomic mass is 10.5. The van der Waals surface area contributed by atoms with E-state index in [4.69, 9.17) is 9.47 Å². The number of ether oxygens (including phenoxy) is 2. The predicted molar refractivity (Wildman–Crippen MR) is 45.2 cm³/mol. The van der Waals surface area contributed by atoms with E-state index in [9.17, 15) is 0 Å². The first-order valence-electron chi connectivity index (χ1n) is 3.62. The maximum absolute atomic E-state index is 5.23. The average Bonchev–Trinajstić information content (AvgIpc) is 1.82. The smallest absolute Gasteiger partial charge is 0.156 e. The Balaban J connectivity index is 3.16. The minimum atomic E-state index is -0.132. The van der Waals surface area contributed by atoms with Crippen LogP contribution in [0.25, 0.3) is 0 Å². The van der Waals surface area contributed by atoms with Crippen LogP contribution in [0.15, 0.2) is 0 Å². The van der Waals surface area contributed by atoms with E-state index in [-0.39, 0.29) is 11.7 Å². The molecule has 3 heteroatoms. The van der Waals surface area contributed by atoms with Crippen molar-refractivity contribution in [3.63, 3.8) is 0 Å². The maximum Gasteiger partial charge on any atom is 0.156 e. The van der Waals surface area contributed by atoms with Crippen molar-refractivity contribution in [1.29, 1.82) is 0 Å². The highest BCUT2D eigenvalue weighted by molar-refractivity contribution is 7.80. The second-order valence-corrected chi connectivity index (χ2v) is 2.90. The molecule has 0 aromatic rings. The Bertz CT molecular complexity index is 76.0. The Morgan fingerprint density at radius 3 is 2.40 bits per heavy atom. The van der Waals surface area contributed by atoms with Gasteiger partial charge in [-0.05, 0) is 20.3 Å². The molecular weight excluding hydrogens is 148 g/mol. The van der Waals surface area contributed by atoms with E-state index >= 15 is 0 Å². The van der Waals surface area contributed by atoms with E-state index < -0.39 is 0 Å². The highest BCUT2D eigenvalue weighted by Crippen LogP contribution is 2.02. The van der Waals surface area contributed by atoms with Crippen LogP contribution in [0.5, 0.6) is 0 Å². The second-order valence-electron chi connectivity index (χ2n) is 2.17. The molecule has 0 aromatic heterocycles. The SMILES string of the molecule is CCCOC(C)OC(C)S. The van der Waals surface area contributed by atoms with E-state index in [2.05, 4.69) is 19.6 Å². The molecule has 2 nitrogen and oxygen atoms in total. The predicted octanol–water partition coefficient (Wildman–Crippen LogP) is 2.05. The normalized spacial score (nSPS) is 16.8. The second kappa shape index (κ2) is 6.01. The average molecular weight is 164 g/mol. The van der Waals surface area contributed by atoms with Crippen molar-refractivity contribution < 1.29 is 9.47 Å². The van der Waals surface area contributed by atoms with Crippen LogP contribution in [-0.4, -0.2) is 18.3 Å². The minimum Gasteiger partial charge on any atom is -0.353 e. The molecule has 0 fully saturated rings. The van der Waals surface area contributed by atoms with Crippen LogP contribution in [0, 0.1) is 0 Å². The van der Waals surface area contributed by atoms with Gasteiger partial charge in [-0.25, -0.2) is 0 Å². The minimum absolute atomic E-state index is 0.0492. The molecule has 0 spiro atoms. The zero-order valence-corrected chi connectivity index (χ0v) is 7.73. The van der Waals surface area contributed by atoms with E-state index in [1.54, 1.807) is 0 Å². The van der Waals surface area contributed by atoms with Gasteiger partial charge in [0.05, 0.1) is 0 Å². The first-order chi connectivity index (χ1) is 4.66. The van der Waals surface area contributed by atoms with Crippen molar-refractivity contribution in [2.45, 2.75) is 38.9 Å². The third-order valence-corrected chi connectivity index (χ3v) is 1.07. The van der Waals surface area contributed by atoms with Crippen molar-refractivity contribution in [2.24, 2.45) is 0 Å². The molecule has 0 heterocycles. The highest BCUT2D eigenvalue weighted by atomic mass is 32.1. The summed E-state index contributed by atoms with van der Waals surface area (Å²) in [5.41, 5.74) is -0.0492. The standard InChI is InChI=1S/C7H16O2S/c1-4-5-8-6(2)9-7(3)10/h6-7,10H,4-5H2,1-3H3. The fraction of sp³-hybridized carbons (Fsp3) is 1.00. The van der Waals surface area contributed by atoms with Gasteiger partial charge in [0, 0.05) is 6.61 Å². The summed E-state index contributed by atoms with van der Waals surface area (Å²) in [5, 5.41) is 0. The number of hydrogen-bond donors (Lipinski definition) is 1. The monoisotopic (exact) mass is 164 g/mol. The summed E-state index contributed by atoms with van der Waals surface area (Å²) in [4.78, 5) is 0. The quantitative estimate of drug-likeness (QED) is 0.495. The molecule has 2 unspecified atom stereocenters. The van der Waals surface area contributed by atoms with Gasteiger partial charge in [-0.3, -0.25) is 0 Å². The van der Waals surface area contributed by atoms with Gasteiger partial charge < -0.3 is 9.47 Å². The maximum atomic E-state index is 5.23. The molecular formula is C7H16O2S. The largest absolute Gasteiger partial charge is 0.353 e. The number of hydrogen-bond acceptors (Lipinski definition) is 3. The van der Waals surface area contributed by atoms with Crippen molar-refractivity contribution in [3.8, 4) is 0 Å². The molecule has 10 heavy (non-hydrogen) atoms. The lowest BCUT2D eigenvalue weighted by Crippen LogP contribution is -2.16. The van der Waals surface area contributed by atoms with Gasteiger partial charge in [-0.15, -0.1) is 12.6 Å². The molecule has 0 radical (unpaired) electrons. The molecule has 0 N–H and O–H groups in total. The van der Waals surface area contributed by atoms with E-state index in [0.717, 1.165) is 13.0 Å². The van der Waals surface area contributed by atoms with Gasteiger partial charge in [-0.2, -0.15) is 0 Å². The summed E-state index contributed by atoms with van der Waals surface area (Å²) in [6.07, 6.45) is 0.890. The molecule has 0 aromatic carbocycles. The molecule has 0 bridgehead atoms. The van der Waals surface area contributed by atoms with Crippen LogP contribution in [0.1, 0.15) is 27.2 Å². The Morgan fingerprint density at radius 2 is 2.00 bits per heavy atom. The summed E-state index contributed by atoms with van der Waals surface area (Å²) < 4.78 is 10.4. The Kier molecular flexibility index (Phi) is 6.17. The molecule has 0 aliphatic carbocycles. The lowest BCUT2D eigenvalue weighted by molar-refractivity contribution is -0.134. The zero-order valence-electron chi connectivity index (χ0n) is 6.83. The highest BCUT2D eigenvalue weighted by Gasteiger charge is 2.02. The molecule has 0 aliphatic rings. The fourth-order valence-electron chi connectivity index (χ4n) is 0.600. The van der Waals surface area contributed by atoms with Gasteiger partial charge in [0.15, 0.2) is 6.29 Å². The Labute approximate surface area is 68.3 Å². The Hall–Kier alpha value is 0.270. The van der Waals surface area contributed by atoms with Gasteiger partial charge >= 0.3 is 0 Å². The molecule has 0 saturated heterocycles. The van der Waals surface area contributed by atoms with Crippen molar-refractivity contribution in [2.75, 3.05) is 6.61 Å². The van der Waals surface area contributed by atoms with Crippen molar-refractivity contribution >= 4 is 12.6 Å². The van der Waals surface area contributed by atoms with Crippen LogP contribution >= 0.6 is 12.6 Å². The van der Waals surface area contributed by atoms with Crippen LogP contribution in [0.4, 0.5) is 0 Å². The summed E-state index contributed by atoms with van der Waals surface area (Å²) in [6, 6.07) is 0. The molecule has 0 rings (SSSR count). The fourth-order valence-corrected chi connectivity index (χ4v) is 0.772. The lowest BCUT2D eigenvalue weighted by Gasteiger charge is -2.15. The summed E-state index contributed by atoms with van der Waals surface area (Å²) in [7, 11) is 0. The van der Waals surface area contributed by atoms with Crippen LogP contribution < -0.4 is 0 Å². The van der Waals surface area contributed by atoms with Crippen molar-refractivity contribution in [3.05, 3.63) is 0 Å². The summed E-state index contributed by atoms with van der Waals surface area (Å²) >= 11 is 4.06. The van der Waals surface area contributed by atoms with E-state index in [1.807, 2.05) is 13.8 Å². The van der Waals surface area contributed by atoms with Gasteiger partial charge in [-0.1, -0.05) is 6.92 Å². The molecule has 0 amide bonds. The summed E-state index contributed by atoms with van der Waals surface area (Å²) in [6.45, 7) is 6.57. The topological polar surface area (TPSA) is 18.5 Å². The first-order valence-corrected chi connectivity index (χ1v) is 4.13. The van der Waals surface area contributed by atoms with Crippen molar-refractivity contribution in [1.82, 2.24) is 0 Å². The molecule has 62 valence electrons. The summed E-state index contributed by atoms with van der Waals surface area (Å²) in [5.74, 6) is 0. The van der Waals surface area contributed by atoms with Crippen LogP contribution in [-0.2, 0) is 9.47 Å². The van der Waals surface area contributed by atoms with Gasteiger partial charge in [0.2, 0.25) is 0 Å². The zero-order chi connectivity index (χ0) is 7.98. The molecule has 0 saturated carbocycles. The first kappa shape index (κ1) is 10.3.